The van der Waals surface area contributed by atoms with Gasteiger partial charge in [-0.05, 0) is 43.5 Å². The minimum atomic E-state index is -0.597. The van der Waals surface area contributed by atoms with Crippen molar-refractivity contribution in [2.75, 3.05) is 5.32 Å². The molecular formula is C13H17FN2. The number of nitrogens with zero attached hydrogens (tertiary/aromatic N) is 1. The molecule has 1 aromatic rings. The van der Waals surface area contributed by atoms with Crippen LogP contribution in [0.1, 0.15) is 32.3 Å². The van der Waals surface area contributed by atoms with Crippen LogP contribution in [0.25, 0.3) is 0 Å². The van der Waals surface area contributed by atoms with Crippen LogP contribution >= 0.6 is 0 Å². The summed E-state index contributed by atoms with van der Waals surface area (Å²) >= 11 is 0. The van der Waals surface area contributed by atoms with E-state index in [1.54, 1.807) is 0 Å². The van der Waals surface area contributed by atoms with Gasteiger partial charge in [-0.15, -0.1) is 0 Å². The molecule has 86 valence electrons. The van der Waals surface area contributed by atoms with Crippen LogP contribution in [0.5, 0.6) is 0 Å². The monoisotopic (exact) mass is 220 g/mol. The molecule has 0 aliphatic carbocycles. The smallest absolute Gasteiger partial charge is 0.125 e. The van der Waals surface area contributed by atoms with Crippen molar-refractivity contribution < 1.29 is 4.39 Å². The molecule has 1 N–H and O–H groups in total. The number of rotatable bonds is 4. The van der Waals surface area contributed by atoms with E-state index in [0.717, 1.165) is 5.56 Å². The van der Waals surface area contributed by atoms with Gasteiger partial charge in [0, 0.05) is 5.69 Å². The van der Waals surface area contributed by atoms with Crippen LogP contribution in [0.4, 0.5) is 10.1 Å². The molecule has 0 aliphatic heterocycles. The van der Waals surface area contributed by atoms with Gasteiger partial charge in [0.1, 0.15) is 11.4 Å². The molecule has 0 aromatic heterocycles. The molecule has 0 heterocycles. The molecule has 1 rings (SSSR count). The highest BCUT2D eigenvalue weighted by Crippen LogP contribution is 2.23. The van der Waals surface area contributed by atoms with Gasteiger partial charge in [-0.1, -0.05) is 13.8 Å². The van der Waals surface area contributed by atoms with Crippen molar-refractivity contribution in [1.82, 2.24) is 0 Å². The van der Waals surface area contributed by atoms with E-state index >= 15 is 0 Å². The Balaban J connectivity index is 2.99. The summed E-state index contributed by atoms with van der Waals surface area (Å²) in [5.74, 6) is -0.276. The van der Waals surface area contributed by atoms with Gasteiger partial charge in [-0.3, -0.25) is 0 Å². The van der Waals surface area contributed by atoms with Crippen molar-refractivity contribution >= 4 is 5.69 Å². The molecule has 0 saturated carbocycles. The number of hydrogen-bond acceptors (Lipinski definition) is 2. The Kier molecular flexibility index (Phi) is 3.89. The first-order valence-corrected chi connectivity index (χ1v) is 5.52. The SMILES string of the molecule is CCC(C#N)(CC)Nc1cc(C)cc(F)c1. The van der Waals surface area contributed by atoms with Crippen LogP contribution < -0.4 is 5.32 Å². The molecule has 1 aromatic carbocycles. The predicted octanol–water partition coefficient (Wildman–Crippen LogP) is 3.63. The lowest BCUT2D eigenvalue weighted by Crippen LogP contribution is -2.35. The maximum Gasteiger partial charge on any atom is 0.125 e. The fourth-order valence-electron chi connectivity index (χ4n) is 1.70. The van der Waals surface area contributed by atoms with Crippen molar-refractivity contribution in [3.63, 3.8) is 0 Å². The quantitative estimate of drug-likeness (QED) is 0.841. The Bertz CT molecular complexity index is 383. The standard InChI is InChI=1S/C13H17FN2/c1-4-13(5-2,9-15)16-12-7-10(3)6-11(14)8-12/h6-8,16H,4-5H2,1-3H3. The third-order valence-corrected chi connectivity index (χ3v) is 2.85. The predicted molar refractivity (Wildman–Crippen MR) is 63.7 cm³/mol. The van der Waals surface area contributed by atoms with E-state index in [1.165, 1.54) is 12.1 Å². The number of anilines is 1. The van der Waals surface area contributed by atoms with Gasteiger partial charge in [-0.2, -0.15) is 5.26 Å². The molecule has 2 nitrogen and oxygen atoms in total. The minimum Gasteiger partial charge on any atom is -0.367 e. The summed E-state index contributed by atoms with van der Waals surface area (Å²) < 4.78 is 13.2. The molecule has 0 atom stereocenters. The van der Waals surface area contributed by atoms with E-state index in [4.69, 9.17) is 0 Å². The minimum absolute atomic E-state index is 0.276. The molecule has 0 radical (unpaired) electrons. The van der Waals surface area contributed by atoms with Crippen molar-refractivity contribution in [2.45, 2.75) is 39.2 Å². The van der Waals surface area contributed by atoms with Crippen LogP contribution in [0.15, 0.2) is 18.2 Å². The average molecular weight is 220 g/mol. The van der Waals surface area contributed by atoms with Gasteiger partial charge < -0.3 is 5.32 Å². The maximum absolute atomic E-state index is 13.2. The highest BCUT2D eigenvalue weighted by Gasteiger charge is 2.25. The van der Waals surface area contributed by atoms with Gasteiger partial charge in [-0.25, -0.2) is 4.39 Å². The van der Waals surface area contributed by atoms with Crippen LogP contribution in [0.3, 0.4) is 0 Å². The van der Waals surface area contributed by atoms with Crippen LogP contribution in [-0.2, 0) is 0 Å². The number of hydrogen-bond donors (Lipinski definition) is 1. The zero-order chi connectivity index (χ0) is 12.2. The lowest BCUT2D eigenvalue weighted by atomic mass is 9.94. The van der Waals surface area contributed by atoms with Crippen molar-refractivity contribution in [3.05, 3.63) is 29.6 Å². The lowest BCUT2D eigenvalue weighted by Gasteiger charge is -2.26. The highest BCUT2D eigenvalue weighted by molar-refractivity contribution is 5.49. The molecule has 0 fully saturated rings. The number of nitriles is 1. The first kappa shape index (κ1) is 12.5. The maximum atomic E-state index is 13.2. The van der Waals surface area contributed by atoms with Gasteiger partial charge >= 0.3 is 0 Å². The number of nitrogens with one attached hydrogen (secondary N) is 1. The van der Waals surface area contributed by atoms with E-state index in [2.05, 4.69) is 11.4 Å². The average Bonchev–Trinajstić information content (AvgIpc) is 2.25. The van der Waals surface area contributed by atoms with E-state index in [0.29, 0.717) is 18.5 Å². The van der Waals surface area contributed by atoms with Crippen molar-refractivity contribution in [1.29, 1.82) is 5.26 Å². The molecule has 0 unspecified atom stereocenters. The second kappa shape index (κ2) is 4.98. The summed E-state index contributed by atoms with van der Waals surface area (Å²) in [6.45, 7) is 5.73. The van der Waals surface area contributed by atoms with Crippen LogP contribution in [0, 0.1) is 24.1 Å². The van der Waals surface area contributed by atoms with Crippen LogP contribution in [0.2, 0.25) is 0 Å². The number of aryl methyl sites for hydroxylation is 1. The third kappa shape index (κ3) is 2.73. The fourth-order valence-corrected chi connectivity index (χ4v) is 1.70. The Hall–Kier alpha value is -1.56. The number of benzene rings is 1. The van der Waals surface area contributed by atoms with Gasteiger partial charge in [0.25, 0.3) is 0 Å². The van der Waals surface area contributed by atoms with Gasteiger partial charge in [0.15, 0.2) is 0 Å². The largest absolute Gasteiger partial charge is 0.367 e. The molecule has 3 heteroatoms. The molecule has 0 bridgehead atoms. The molecule has 0 aliphatic rings. The third-order valence-electron chi connectivity index (χ3n) is 2.85. The first-order chi connectivity index (χ1) is 7.55. The summed E-state index contributed by atoms with van der Waals surface area (Å²) in [5.41, 5.74) is 0.921. The summed E-state index contributed by atoms with van der Waals surface area (Å²) in [4.78, 5) is 0. The second-order valence-corrected chi connectivity index (χ2v) is 4.04. The van der Waals surface area contributed by atoms with Gasteiger partial charge in [0.05, 0.1) is 6.07 Å². The molecular weight excluding hydrogens is 203 g/mol. The Morgan fingerprint density at radius 1 is 1.31 bits per heavy atom. The van der Waals surface area contributed by atoms with E-state index in [-0.39, 0.29) is 5.82 Å². The van der Waals surface area contributed by atoms with Crippen LogP contribution in [-0.4, -0.2) is 5.54 Å². The first-order valence-electron chi connectivity index (χ1n) is 5.52. The highest BCUT2D eigenvalue weighted by atomic mass is 19.1. The normalized spacial score (nSPS) is 10.9. The van der Waals surface area contributed by atoms with Crippen molar-refractivity contribution in [3.8, 4) is 6.07 Å². The molecule has 16 heavy (non-hydrogen) atoms. The molecule has 0 spiro atoms. The Morgan fingerprint density at radius 3 is 2.38 bits per heavy atom. The Morgan fingerprint density at radius 2 is 1.94 bits per heavy atom. The Labute approximate surface area is 96.1 Å². The summed E-state index contributed by atoms with van der Waals surface area (Å²) in [6, 6.07) is 7.01. The van der Waals surface area contributed by atoms with Gasteiger partial charge in [0.2, 0.25) is 0 Å². The fraction of sp³-hybridized carbons (Fsp3) is 0.462. The lowest BCUT2D eigenvalue weighted by molar-refractivity contribution is 0.547. The summed E-state index contributed by atoms with van der Waals surface area (Å²) in [5, 5.41) is 12.3. The second-order valence-electron chi connectivity index (χ2n) is 4.04. The summed E-state index contributed by atoms with van der Waals surface area (Å²) in [6.07, 6.45) is 1.38. The number of halogens is 1. The zero-order valence-electron chi connectivity index (χ0n) is 9.97. The van der Waals surface area contributed by atoms with Crippen molar-refractivity contribution in [2.24, 2.45) is 0 Å². The van der Waals surface area contributed by atoms with E-state index < -0.39 is 5.54 Å². The van der Waals surface area contributed by atoms with E-state index in [9.17, 15) is 9.65 Å². The molecule has 0 amide bonds. The molecule has 0 saturated heterocycles. The zero-order valence-corrected chi connectivity index (χ0v) is 9.97. The summed E-state index contributed by atoms with van der Waals surface area (Å²) in [7, 11) is 0. The van der Waals surface area contributed by atoms with E-state index in [1.807, 2.05) is 26.8 Å². The topological polar surface area (TPSA) is 35.8 Å².